The molecule has 1 unspecified atom stereocenters. The lowest BCUT2D eigenvalue weighted by Crippen LogP contribution is -2.39. The maximum Gasteiger partial charge on any atom is 0.337 e. The fourth-order valence-corrected chi connectivity index (χ4v) is 2.95. The van der Waals surface area contributed by atoms with Crippen molar-refractivity contribution in [3.8, 4) is 5.75 Å². The number of rotatable bonds is 7. The number of carbonyl (C=O) groups excluding carboxylic acids is 2. The molecule has 29 heavy (non-hydrogen) atoms. The molecule has 1 amide bonds. The Bertz CT molecular complexity index is 900. The quantitative estimate of drug-likeness (QED) is 0.617. The highest BCUT2D eigenvalue weighted by Gasteiger charge is 2.21. The highest BCUT2D eigenvalue weighted by Crippen LogP contribution is 2.22. The van der Waals surface area contributed by atoms with E-state index in [2.05, 4.69) is 10.1 Å². The maximum atomic E-state index is 12.8. The molecule has 0 bridgehead atoms. The molecule has 148 valence electrons. The van der Waals surface area contributed by atoms with Crippen molar-refractivity contribution in [2.45, 2.75) is 19.1 Å². The van der Waals surface area contributed by atoms with Crippen LogP contribution in [0.1, 0.15) is 34.5 Å². The van der Waals surface area contributed by atoms with Gasteiger partial charge in [0.25, 0.3) is 5.91 Å². The van der Waals surface area contributed by atoms with Crippen molar-refractivity contribution in [1.29, 1.82) is 0 Å². The Morgan fingerprint density at radius 3 is 1.79 bits per heavy atom. The molecule has 5 heteroatoms. The Morgan fingerprint density at radius 1 is 0.793 bits per heavy atom. The summed E-state index contributed by atoms with van der Waals surface area (Å²) in [7, 11) is 1.33. The molecule has 0 saturated heterocycles. The minimum atomic E-state index is -0.714. The fraction of sp³-hybridized carbons (Fsp3) is 0.167. The van der Waals surface area contributed by atoms with Gasteiger partial charge in [-0.15, -0.1) is 0 Å². The SMILES string of the molecule is COC(=O)c1ccc(OC(C)C(=O)NC(c2ccccc2)c2ccccc2)cc1. The van der Waals surface area contributed by atoms with Gasteiger partial charge in [0.2, 0.25) is 0 Å². The molecule has 0 saturated carbocycles. The number of nitrogens with one attached hydrogen (secondary N) is 1. The van der Waals surface area contributed by atoms with Crippen molar-refractivity contribution >= 4 is 11.9 Å². The smallest absolute Gasteiger partial charge is 0.337 e. The Balaban J connectivity index is 1.71. The largest absolute Gasteiger partial charge is 0.481 e. The van der Waals surface area contributed by atoms with E-state index in [9.17, 15) is 9.59 Å². The van der Waals surface area contributed by atoms with Crippen molar-refractivity contribution in [1.82, 2.24) is 5.32 Å². The number of amides is 1. The van der Waals surface area contributed by atoms with Crippen LogP contribution in [-0.2, 0) is 9.53 Å². The van der Waals surface area contributed by atoms with Crippen LogP contribution in [0, 0.1) is 0 Å². The van der Waals surface area contributed by atoms with Gasteiger partial charge in [-0.1, -0.05) is 60.7 Å². The summed E-state index contributed by atoms with van der Waals surface area (Å²) >= 11 is 0. The van der Waals surface area contributed by atoms with Crippen LogP contribution in [0.15, 0.2) is 84.9 Å². The van der Waals surface area contributed by atoms with Gasteiger partial charge in [-0.3, -0.25) is 4.79 Å². The first-order valence-corrected chi connectivity index (χ1v) is 9.34. The zero-order valence-electron chi connectivity index (χ0n) is 16.4. The van der Waals surface area contributed by atoms with E-state index >= 15 is 0 Å². The summed E-state index contributed by atoms with van der Waals surface area (Å²) in [5, 5.41) is 3.07. The molecule has 5 nitrogen and oxygen atoms in total. The number of esters is 1. The fourth-order valence-electron chi connectivity index (χ4n) is 2.95. The van der Waals surface area contributed by atoms with Crippen LogP contribution in [0.2, 0.25) is 0 Å². The van der Waals surface area contributed by atoms with E-state index in [1.165, 1.54) is 7.11 Å². The normalized spacial score (nSPS) is 11.6. The van der Waals surface area contributed by atoms with Crippen molar-refractivity contribution in [2.75, 3.05) is 7.11 Å². The number of carbonyl (C=O) groups is 2. The van der Waals surface area contributed by atoms with Crippen LogP contribution >= 0.6 is 0 Å². The first-order chi connectivity index (χ1) is 14.1. The summed E-state index contributed by atoms with van der Waals surface area (Å²) in [6, 6.07) is 25.8. The van der Waals surface area contributed by atoms with Gasteiger partial charge in [0.05, 0.1) is 18.7 Å². The van der Waals surface area contributed by atoms with Crippen molar-refractivity contribution in [3.05, 3.63) is 102 Å². The molecule has 0 aliphatic carbocycles. The molecule has 3 rings (SSSR count). The second-order valence-electron chi connectivity index (χ2n) is 6.54. The summed E-state index contributed by atoms with van der Waals surface area (Å²) in [6.07, 6.45) is -0.714. The second-order valence-corrected chi connectivity index (χ2v) is 6.54. The second kappa shape index (κ2) is 9.55. The van der Waals surface area contributed by atoms with E-state index in [0.717, 1.165) is 11.1 Å². The Hall–Kier alpha value is -3.60. The van der Waals surface area contributed by atoms with Crippen LogP contribution < -0.4 is 10.1 Å². The molecule has 0 spiro atoms. The molecule has 0 heterocycles. The summed E-state index contributed by atoms with van der Waals surface area (Å²) in [5.41, 5.74) is 2.40. The molecule has 0 aromatic heterocycles. The lowest BCUT2D eigenvalue weighted by molar-refractivity contribution is -0.127. The summed E-state index contributed by atoms with van der Waals surface area (Å²) < 4.78 is 10.4. The minimum Gasteiger partial charge on any atom is -0.481 e. The van der Waals surface area contributed by atoms with Crippen molar-refractivity contribution in [2.24, 2.45) is 0 Å². The monoisotopic (exact) mass is 389 g/mol. The highest BCUT2D eigenvalue weighted by atomic mass is 16.5. The first-order valence-electron chi connectivity index (χ1n) is 9.34. The van der Waals surface area contributed by atoms with Gasteiger partial charge >= 0.3 is 5.97 Å². The number of benzene rings is 3. The van der Waals surface area contributed by atoms with Gasteiger partial charge in [0.1, 0.15) is 5.75 Å². The first kappa shape index (κ1) is 20.1. The summed E-state index contributed by atoms with van der Waals surface area (Å²) in [4.78, 5) is 24.3. The molecular weight excluding hydrogens is 366 g/mol. The van der Waals surface area contributed by atoms with Crippen molar-refractivity contribution in [3.63, 3.8) is 0 Å². The van der Waals surface area contributed by atoms with Crippen molar-refractivity contribution < 1.29 is 19.1 Å². The number of methoxy groups -OCH3 is 1. The van der Waals surface area contributed by atoms with Gasteiger partial charge in [0.15, 0.2) is 6.10 Å². The van der Waals surface area contributed by atoms with Gasteiger partial charge < -0.3 is 14.8 Å². The highest BCUT2D eigenvalue weighted by molar-refractivity contribution is 5.89. The zero-order valence-corrected chi connectivity index (χ0v) is 16.4. The number of hydrogen-bond donors (Lipinski definition) is 1. The van der Waals surface area contributed by atoms with E-state index in [0.29, 0.717) is 11.3 Å². The van der Waals surface area contributed by atoms with E-state index < -0.39 is 12.1 Å². The molecular formula is C24H23NO4. The Morgan fingerprint density at radius 2 is 1.31 bits per heavy atom. The minimum absolute atomic E-state index is 0.236. The van der Waals surface area contributed by atoms with Gasteiger partial charge in [-0.25, -0.2) is 4.79 Å². The Labute approximate surface area is 170 Å². The lowest BCUT2D eigenvalue weighted by Gasteiger charge is -2.22. The van der Waals surface area contributed by atoms with Crippen LogP contribution in [0.25, 0.3) is 0 Å². The van der Waals surface area contributed by atoms with E-state index in [1.807, 2.05) is 60.7 Å². The predicted molar refractivity (Wildman–Crippen MR) is 111 cm³/mol. The summed E-state index contributed by atoms with van der Waals surface area (Å²) in [6.45, 7) is 1.69. The molecule has 0 fully saturated rings. The molecule has 0 aliphatic rings. The molecule has 1 atom stereocenters. The summed E-state index contributed by atoms with van der Waals surface area (Å²) in [5.74, 6) is -0.160. The lowest BCUT2D eigenvalue weighted by atomic mass is 9.98. The third kappa shape index (κ3) is 5.23. The molecule has 0 aliphatic heterocycles. The third-order valence-electron chi connectivity index (χ3n) is 4.51. The van der Waals surface area contributed by atoms with Crippen LogP contribution in [0.5, 0.6) is 5.75 Å². The van der Waals surface area contributed by atoms with Crippen LogP contribution in [0.4, 0.5) is 0 Å². The maximum absolute atomic E-state index is 12.8. The third-order valence-corrected chi connectivity index (χ3v) is 4.51. The van der Waals surface area contributed by atoms with E-state index in [4.69, 9.17) is 4.74 Å². The molecule has 3 aromatic carbocycles. The van der Waals surface area contributed by atoms with Crippen LogP contribution in [0.3, 0.4) is 0 Å². The van der Waals surface area contributed by atoms with E-state index in [-0.39, 0.29) is 11.9 Å². The molecule has 3 aromatic rings. The van der Waals surface area contributed by atoms with Gasteiger partial charge in [0, 0.05) is 0 Å². The molecule has 1 N–H and O–H groups in total. The van der Waals surface area contributed by atoms with Gasteiger partial charge in [-0.2, -0.15) is 0 Å². The molecule has 0 radical (unpaired) electrons. The Kier molecular flexibility index (Phi) is 6.63. The van der Waals surface area contributed by atoms with Crippen LogP contribution in [-0.4, -0.2) is 25.1 Å². The average molecular weight is 389 g/mol. The number of hydrogen-bond acceptors (Lipinski definition) is 4. The average Bonchev–Trinajstić information content (AvgIpc) is 2.78. The predicted octanol–water partition coefficient (Wildman–Crippen LogP) is 4.15. The van der Waals surface area contributed by atoms with E-state index in [1.54, 1.807) is 31.2 Å². The van der Waals surface area contributed by atoms with Gasteiger partial charge in [-0.05, 0) is 42.3 Å². The number of ether oxygens (including phenoxy) is 2. The zero-order chi connectivity index (χ0) is 20.6. The standard InChI is InChI=1S/C24H23NO4/c1-17(29-21-15-13-20(14-16-21)24(27)28-2)23(26)25-22(18-9-5-3-6-10-18)19-11-7-4-8-12-19/h3-17,22H,1-2H3,(H,25,26). The topological polar surface area (TPSA) is 64.6 Å².